The first-order valence-corrected chi connectivity index (χ1v) is 8.18. The first-order chi connectivity index (χ1) is 11.2. The second-order valence-electron chi connectivity index (χ2n) is 5.20. The van der Waals surface area contributed by atoms with Crippen molar-refractivity contribution in [3.05, 3.63) is 59.6 Å². The van der Waals surface area contributed by atoms with Crippen LogP contribution in [0.3, 0.4) is 0 Å². The summed E-state index contributed by atoms with van der Waals surface area (Å²) in [7, 11) is 0. The number of para-hydroxylation sites is 1. The Morgan fingerprint density at radius 2 is 2.09 bits per heavy atom. The number of aliphatic hydroxyl groups is 1. The lowest BCUT2D eigenvalue weighted by molar-refractivity contribution is 0.0917. The molecular weight excluding hydrogens is 310 g/mol. The molecule has 2 heterocycles. The number of hydrogen-bond acceptors (Lipinski definition) is 4. The molecule has 0 radical (unpaired) electrons. The summed E-state index contributed by atoms with van der Waals surface area (Å²) in [5.41, 5.74) is 2.09. The van der Waals surface area contributed by atoms with Crippen LogP contribution < -0.4 is 5.32 Å². The topological polar surface area (TPSA) is 67.2 Å². The maximum atomic E-state index is 12.3. The van der Waals surface area contributed by atoms with Crippen LogP contribution in [0.2, 0.25) is 0 Å². The third kappa shape index (κ3) is 3.33. The van der Waals surface area contributed by atoms with E-state index in [1.54, 1.807) is 29.0 Å². The Hall–Kier alpha value is -2.44. The number of aliphatic hydroxyl groups excluding tert-OH is 1. The van der Waals surface area contributed by atoms with Gasteiger partial charge in [-0.1, -0.05) is 24.3 Å². The van der Waals surface area contributed by atoms with Gasteiger partial charge in [0.25, 0.3) is 5.91 Å². The molecule has 0 spiro atoms. The molecule has 1 atom stereocenters. The molecule has 6 heteroatoms. The molecule has 0 aliphatic rings. The average Bonchev–Trinajstić information content (AvgIpc) is 3.24. The second kappa shape index (κ2) is 6.76. The van der Waals surface area contributed by atoms with Gasteiger partial charge in [0.05, 0.1) is 22.9 Å². The first-order valence-electron chi connectivity index (χ1n) is 7.30. The van der Waals surface area contributed by atoms with Crippen LogP contribution in [0, 0.1) is 0 Å². The molecular formula is C17H17N3O2S. The molecule has 0 saturated heterocycles. The molecule has 0 saturated carbocycles. The smallest absolute Gasteiger partial charge is 0.272 e. The molecule has 1 unspecified atom stereocenters. The summed E-state index contributed by atoms with van der Waals surface area (Å²) in [6.07, 6.45) is 0. The molecule has 2 aromatic heterocycles. The Morgan fingerprint density at radius 1 is 1.30 bits per heavy atom. The van der Waals surface area contributed by atoms with E-state index in [0.717, 1.165) is 16.3 Å². The fourth-order valence-corrected chi connectivity index (χ4v) is 2.93. The summed E-state index contributed by atoms with van der Waals surface area (Å²) in [6.45, 7) is 1.63. The number of thiophene rings is 1. The highest BCUT2D eigenvalue weighted by Crippen LogP contribution is 2.28. The fraction of sp³-hybridized carbons (Fsp3) is 0.176. The monoisotopic (exact) mass is 327 g/mol. The normalized spacial score (nSPS) is 12.1. The maximum absolute atomic E-state index is 12.3. The average molecular weight is 327 g/mol. The summed E-state index contributed by atoms with van der Waals surface area (Å²) >= 11 is 1.60. The van der Waals surface area contributed by atoms with E-state index >= 15 is 0 Å². The van der Waals surface area contributed by atoms with Crippen molar-refractivity contribution in [1.29, 1.82) is 0 Å². The summed E-state index contributed by atoms with van der Waals surface area (Å²) in [5, 5.41) is 18.2. The van der Waals surface area contributed by atoms with Crippen LogP contribution in [0.5, 0.6) is 0 Å². The van der Waals surface area contributed by atoms with E-state index in [1.165, 1.54) is 0 Å². The van der Waals surface area contributed by atoms with Crippen LogP contribution in [0.1, 0.15) is 17.4 Å². The van der Waals surface area contributed by atoms with Crippen molar-refractivity contribution >= 4 is 17.2 Å². The zero-order chi connectivity index (χ0) is 16.2. The van der Waals surface area contributed by atoms with Gasteiger partial charge in [0.15, 0.2) is 5.69 Å². The summed E-state index contributed by atoms with van der Waals surface area (Å²) in [4.78, 5) is 13.3. The molecule has 118 valence electrons. The maximum Gasteiger partial charge on any atom is 0.272 e. The van der Waals surface area contributed by atoms with Gasteiger partial charge in [0, 0.05) is 6.04 Å². The lowest BCUT2D eigenvalue weighted by Gasteiger charge is -2.08. The minimum absolute atomic E-state index is 0.108. The number of nitrogens with one attached hydrogen (secondary N) is 1. The second-order valence-corrected chi connectivity index (χ2v) is 6.14. The van der Waals surface area contributed by atoms with Crippen LogP contribution in [-0.4, -0.2) is 33.4 Å². The third-order valence-corrected chi connectivity index (χ3v) is 4.26. The number of hydrogen-bond donors (Lipinski definition) is 2. The molecule has 2 N–H and O–H groups in total. The highest BCUT2D eigenvalue weighted by Gasteiger charge is 2.18. The van der Waals surface area contributed by atoms with Crippen LogP contribution in [0.4, 0.5) is 0 Å². The van der Waals surface area contributed by atoms with Gasteiger partial charge >= 0.3 is 0 Å². The Bertz CT molecular complexity index is 782. The molecule has 0 fully saturated rings. The first kappa shape index (κ1) is 15.5. The number of benzene rings is 1. The van der Waals surface area contributed by atoms with Gasteiger partial charge in [-0.25, -0.2) is 4.68 Å². The fourth-order valence-electron chi connectivity index (χ4n) is 2.20. The van der Waals surface area contributed by atoms with Crippen LogP contribution >= 0.6 is 11.3 Å². The van der Waals surface area contributed by atoms with Crippen molar-refractivity contribution in [3.8, 4) is 16.3 Å². The van der Waals surface area contributed by atoms with E-state index in [-0.39, 0.29) is 18.6 Å². The van der Waals surface area contributed by atoms with Crippen molar-refractivity contribution in [2.24, 2.45) is 0 Å². The third-order valence-electron chi connectivity index (χ3n) is 3.37. The van der Waals surface area contributed by atoms with E-state index in [1.807, 2.05) is 47.8 Å². The molecule has 0 bridgehead atoms. The van der Waals surface area contributed by atoms with Crippen molar-refractivity contribution in [2.75, 3.05) is 6.61 Å². The Labute approximate surface area is 138 Å². The summed E-state index contributed by atoms with van der Waals surface area (Å²) in [5.74, 6) is -0.293. The standard InChI is InChI=1S/C17H17N3O2S/c1-12(11-21)18-17(22)14-10-15(16-8-5-9-23-16)20(19-14)13-6-3-2-4-7-13/h2-10,12,21H,11H2,1H3,(H,18,22). The summed E-state index contributed by atoms with van der Waals surface area (Å²) in [6, 6.07) is 15.1. The van der Waals surface area contributed by atoms with Gasteiger partial charge in [-0.15, -0.1) is 11.3 Å². The number of carbonyl (C=O) groups is 1. The number of rotatable bonds is 5. The van der Waals surface area contributed by atoms with Crippen molar-refractivity contribution in [1.82, 2.24) is 15.1 Å². The number of amides is 1. The van der Waals surface area contributed by atoms with Gasteiger partial charge in [0.2, 0.25) is 0 Å². The van der Waals surface area contributed by atoms with Crippen LogP contribution in [0.25, 0.3) is 16.3 Å². The van der Waals surface area contributed by atoms with Crippen molar-refractivity contribution in [2.45, 2.75) is 13.0 Å². The Balaban J connectivity index is 2.02. The van der Waals surface area contributed by atoms with Gasteiger partial charge < -0.3 is 10.4 Å². The predicted octanol–water partition coefficient (Wildman–Crippen LogP) is 2.71. The van der Waals surface area contributed by atoms with Gasteiger partial charge in [-0.05, 0) is 36.6 Å². The Kier molecular flexibility index (Phi) is 4.55. The van der Waals surface area contributed by atoms with E-state index in [0.29, 0.717) is 5.69 Å². The predicted molar refractivity (Wildman–Crippen MR) is 90.9 cm³/mol. The zero-order valence-electron chi connectivity index (χ0n) is 12.6. The Morgan fingerprint density at radius 3 is 2.74 bits per heavy atom. The quantitative estimate of drug-likeness (QED) is 0.757. The molecule has 0 aliphatic heterocycles. The lowest BCUT2D eigenvalue weighted by atomic mass is 10.2. The number of carbonyl (C=O) groups excluding carboxylic acids is 1. The van der Waals surface area contributed by atoms with E-state index in [2.05, 4.69) is 10.4 Å². The van der Waals surface area contributed by atoms with E-state index in [9.17, 15) is 4.79 Å². The lowest BCUT2D eigenvalue weighted by Crippen LogP contribution is -2.35. The molecule has 23 heavy (non-hydrogen) atoms. The minimum Gasteiger partial charge on any atom is -0.394 e. The van der Waals surface area contributed by atoms with E-state index in [4.69, 9.17) is 5.11 Å². The number of aromatic nitrogens is 2. The summed E-state index contributed by atoms with van der Waals surface area (Å²) < 4.78 is 1.77. The van der Waals surface area contributed by atoms with Crippen LogP contribution in [0.15, 0.2) is 53.9 Å². The van der Waals surface area contributed by atoms with E-state index < -0.39 is 0 Å². The molecule has 0 aliphatic carbocycles. The molecule has 1 amide bonds. The minimum atomic E-state index is -0.311. The highest BCUT2D eigenvalue weighted by molar-refractivity contribution is 7.13. The van der Waals surface area contributed by atoms with Crippen LogP contribution in [-0.2, 0) is 0 Å². The number of nitrogens with zero attached hydrogens (tertiary/aromatic N) is 2. The van der Waals surface area contributed by atoms with Gasteiger partial charge in [-0.3, -0.25) is 4.79 Å². The van der Waals surface area contributed by atoms with Crippen molar-refractivity contribution < 1.29 is 9.90 Å². The molecule has 3 aromatic rings. The zero-order valence-corrected chi connectivity index (χ0v) is 13.5. The molecule has 1 aromatic carbocycles. The van der Waals surface area contributed by atoms with Gasteiger partial charge in [0.1, 0.15) is 0 Å². The van der Waals surface area contributed by atoms with Crippen molar-refractivity contribution in [3.63, 3.8) is 0 Å². The largest absolute Gasteiger partial charge is 0.394 e. The SMILES string of the molecule is CC(CO)NC(=O)c1cc(-c2cccs2)n(-c2ccccc2)n1. The highest BCUT2D eigenvalue weighted by atomic mass is 32.1. The molecule has 5 nitrogen and oxygen atoms in total. The molecule has 3 rings (SSSR count). The van der Waals surface area contributed by atoms with Gasteiger partial charge in [-0.2, -0.15) is 5.10 Å².